The lowest BCUT2D eigenvalue weighted by Gasteiger charge is -2.14. The molecule has 2 atom stereocenters. The van der Waals surface area contributed by atoms with Crippen molar-refractivity contribution in [2.75, 3.05) is 126 Å². The third-order valence-corrected chi connectivity index (χ3v) is 8.68. The van der Waals surface area contributed by atoms with Gasteiger partial charge in [0.15, 0.2) is 0 Å². The highest BCUT2D eigenvalue weighted by molar-refractivity contribution is 5.90. The second kappa shape index (κ2) is 26.2. The summed E-state index contributed by atoms with van der Waals surface area (Å²) in [6.07, 6.45) is -4.29. The van der Waals surface area contributed by atoms with Gasteiger partial charge >= 0.3 is 12.1 Å². The number of H-pyrrole nitrogens is 1. The molecule has 322 valence electrons. The Labute approximate surface area is 334 Å². The highest BCUT2D eigenvalue weighted by Crippen LogP contribution is 2.37. The molecule has 3 aromatic rings. The molecule has 18 heteroatoms. The highest BCUT2D eigenvalue weighted by atomic mass is 19.4. The molecule has 2 N–H and O–H groups in total. The van der Waals surface area contributed by atoms with E-state index in [-0.39, 0.29) is 49.0 Å². The van der Waals surface area contributed by atoms with E-state index >= 15 is 0 Å². The lowest BCUT2D eigenvalue weighted by molar-refractivity contribution is -0.150. The number of hydrogen-bond acceptors (Lipinski definition) is 13. The summed E-state index contributed by atoms with van der Waals surface area (Å²) in [7, 11) is 1.63. The van der Waals surface area contributed by atoms with E-state index in [1.807, 2.05) is 0 Å². The van der Waals surface area contributed by atoms with Crippen LogP contribution in [0.4, 0.5) is 13.2 Å². The van der Waals surface area contributed by atoms with E-state index in [9.17, 15) is 27.6 Å². The monoisotopic (exact) mass is 826 g/mol. The topological polar surface area (TPSA) is 171 Å². The molecule has 0 radical (unpaired) electrons. The molecule has 2 heterocycles. The fraction of sp³-hybridized carbons (Fsp3) is 0.575. The third-order valence-electron chi connectivity index (χ3n) is 8.68. The minimum Gasteiger partial charge on any atom is -0.462 e. The van der Waals surface area contributed by atoms with Crippen molar-refractivity contribution in [1.29, 1.82) is 0 Å². The Balaban J connectivity index is 0.976. The van der Waals surface area contributed by atoms with Gasteiger partial charge in [-0.3, -0.25) is 9.59 Å². The van der Waals surface area contributed by atoms with E-state index in [1.54, 1.807) is 25.3 Å². The van der Waals surface area contributed by atoms with Crippen LogP contribution in [0.1, 0.15) is 23.5 Å². The Kier molecular flexibility index (Phi) is 21.1. The standard InChI is InChI=1S/C40H53F3N2O13/c1-49-8-9-50-10-11-51-12-13-52-14-15-53-16-17-54-18-19-55-20-21-56-22-23-57-28-37(46)58-27-31-26-34(38(47)44-31)29-6-7-30-25-36(45-39(48)33(30)24-29)32-4-2-3-5-35(32)40(41,42)43/h2-7,24-25,31,34H,8-23,26-28H2,1H3,(H,44,47)(H,45,48)/t31?,34-/m0/s1. The second-order valence-corrected chi connectivity index (χ2v) is 12.9. The van der Waals surface area contributed by atoms with E-state index < -0.39 is 35.2 Å². The van der Waals surface area contributed by atoms with Crippen molar-refractivity contribution in [2.45, 2.75) is 24.6 Å². The number of ether oxygens (including phenoxy) is 10. The molecule has 0 spiro atoms. The van der Waals surface area contributed by atoms with Crippen LogP contribution in [0.5, 0.6) is 0 Å². The fourth-order valence-corrected chi connectivity index (χ4v) is 5.83. The SMILES string of the molecule is COCCOCCOCCOCCOCCOCCOCCOCCOCC(=O)OCC1C[C@@H](c2ccc3cc(-c4ccccc4C(F)(F)F)[nH]c(=O)c3c2)C(=O)N1. The molecule has 0 aliphatic carbocycles. The number of nitrogens with one attached hydrogen (secondary N) is 2. The van der Waals surface area contributed by atoms with Gasteiger partial charge in [0.05, 0.1) is 123 Å². The van der Waals surface area contributed by atoms with Crippen molar-refractivity contribution in [3.8, 4) is 11.3 Å². The first kappa shape index (κ1) is 46.7. The summed E-state index contributed by atoms with van der Waals surface area (Å²) in [6, 6.07) is 10.9. The van der Waals surface area contributed by atoms with Crippen LogP contribution in [-0.2, 0) is 63.1 Å². The average Bonchev–Trinajstić information content (AvgIpc) is 3.59. The minimum absolute atomic E-state index is 0.0331. The van der Waals surface area contributed by atoms with Crippen molar-refractivity contribution in [1.82, 2.24) is 10.3 Å². The molecule has 2 aromatic carbocycles. The van der Waals surface area contributed by atoms with E-state index in [1.165, 1.54) is 24.3 Å². The number of carbonyl (C=O) groups excluding carboxylic acids is 2. The van der Waals surface area contributed by atoms with Gasteiger partial charge in [0.1, 0.15) is 13.2 Å². The first-order chi connectivity index (χ1) is 28.2. The second-order valence-electron chi connectivity index (χ2n) is 12.9. The Hall–Kier alpha value is -3.98. The van der Waals surface area contributed by atoms with Crippen LogP contribution in [0.3, 0.4) is 0 Å². The summed E-state index contributed by atoms with van der Waals surface area (Å²) in [6.45, 7) is 6.58. The van der Waals surface area contributed by atoms with Crippen molar-refractivity contribution < 1.29 is 70.1 Å². The number of fused-ring (bicyclic) bond motifs is 1. The molecular weight excluding hydrogens is 773 g/mol. The summed E-state index contributed by atoms with van der Waals surface area (Å²) >= 11 is 0. The Morgan fingerprint density at radius 3 is 1.74 bits per heavy atom. The quantitative estimate of drug-likeness (QED) is 0.0740. The number of amides is 1. The zero-order valence-corrected chi connectivity index (χ0v) is 32.6. The largest absolute Gasteiger partial charge is 0.462 e. The molecule has 0 bridgehead atoms. The van der Waals surface area contributed by atoms with Crippen LogP contribution in [0.25, 0.3) is 22.0 Å². The summed E-state index contributed by atoms with van der Waals surface area (Å²) in [4.78, 5) is 40.5. The zero-order chi connectivity index (χ0) is 41.4. The molecule has 0 saturated carbocycles. The third kappa shape index (κ3) is 16.7. The zero-order valence-electron chi connectivity index (χ0n) is 32.6. The van der Waals surface area contributed by atoms with Gasteiger partial charge < -0.3 is 57.7 Å². The molecule has 1 saturated heterocycles. The number of rotatable bonds is 30. The Bertz CT molecular complexity index is 1730. The van der Waals surface area contributed by atoms with Crippen molar-refractivity contribution >= 4 is 22.6 Å². The van der Waals surface area contributed by atoms with Crippen LogP contribution in [0, 0.1) is 0 Å². The fourth-order valence-electron chi connectivity index (χ4n) is 5.83. The molecule has 1 fully saturated rings. The number of halogens is 3. The number of carbonyl (C=O) groups is 2. The number of benzene rings is 2. The lowest BCUT2D eigenvalue weighted by atomic mass is 9.93. The van der Waals surface area contributed by atoms with Crippen molar-refractivity contribution in [3.63, 3.8) is 0 Å². The maximum Gasteiger partial charge on any atom is 0.417 e. The number of pyridine rings is 1. The normalized spacial score (nSPS) is 15.6. The molecule has 1 unspecified atom stereocenters. The predicted molar refractivity (Wildman–Crippen MR) is 204 cm³/mol. The molecule has 1 aromatic heterocycles. The van der Waals surface area contributed by atoms with Gasteiger partial charge in [0.25, 0.3) is 5.56 Å². The molecule has 4 rings (SSSR count). The maximum atomic E-state index is 13.6. The number of aromatic nitrogens is 1. The van der Waals surface area contributed by atoms with E-state index in [0.29, 0.717) is 110 Å². The van der Waals surface area contributed by atoms with E-state index in [4.69, 9.17) is 47.4 Å². The van der Waals surface area contributed by atoms with E-state index in [0.717, 1.165) is 6.07 Å². The molecule has 1 aliphatic heterocycles. The molecule has 15 nitrogen and oxygen atoms in total. The van der Waals surface area contributed by atoms with Gasteiger partial charge in [0, 0.05) is 23.8 Å². The smallest absolute Gasteiger partial charge is 0.417 e. The van der Waals surface area contributed by atoms with Gasteiger partial charge in [-0.25, -0.2) is 4.79 Å². The molecular formula is C40H53F3N2O13. The number of methoxy groups -OCH3 is 1. The van der Waals surface area contributed by atoms with Gasteiger partial charge in [-0.2, -0.15) is 13.2 Å². The lowest BCUT2D eigenvalue weighted by Crippen LogP contribution is -2.31. The number of alkyl halides is 3. The van der Waals surface area contributed by atoms with Crippen molar-refractivity contribution in [2.24, 2.45) is 0 Å². The van der Waals surface area contributed by atoms with Crippen LogP contribution >= 0.6 is 0 Å². The summed E-state index contributed by atoms with van der Waals surface area (Å²) in [5, 5.41) is 3.46. The van der Waals surface area contributed by atoms with Gasteiger partial charge in [-0.15, -0.1) is 0 Å². The average molecular weight is 827 g/mol. The number of hydrogen-bond donors (Lipinski definition) is 2. The molecule has 1 aliphatic rings. The van der Waals surface area contributed by atoms with Crippen LogP contribution in [0.15, 0.2) is 53.3 Å². The molecule has 58 heavy (non-hydrogen) atoms. The van der Waals surface area contributed by atoms with Crippen LogP contribution in [-0.4, -0.2) is 149 Å². The first-order valence-electron chi connectivity index (χ1n) is 19.1. The van der Waals surface area contributed by atoms with Gasteiger partial charge in [-0.1, -0.05) is 30.3 Å². The highest BCUT2D eigenvalue weighted by Gasteiger charge is 2.35. The Morgan fingerprint density at radius 1 is 0.690 bits per heavy atom. The maximum absolute atomic E-state index is 13.6. The first-order valence-corrected chi connectivity index (χ1v) is 19.1. The van der Waals surface area contributed by atoms with Crippen molar-refractivity contribution in [3.05, 3.63) is 70.0 Å². The summed E-state index contributed by atoms with van der Waals surface area (Å²) < 4.78 is 94.1. The number of esters is 1. The van der Waals surface area contributed by atoms with Crippen LogP contribution < -0.4 is 10.9 Å². The van der Waals surface area contributed by atoms with Crippen LogP contribution in [0.2, 0.25) is 0 Å². The summed E-state index contributed by atoms with van der Waals surface area (Å²) in [5.74, 6) is -1.51. The van der Waals surface area contributed by atoms with Gasteiger partial charge in [-0.05, 0) is 35.6 Å². The number of aromatic amines is 1. The minimum atomic E-state index is -4.60. The van der Waals surface area contributed by atoms with E-state index in [2.05, 4.69) is 10.3 Å². The molecule has 1 amide bonds. The Morgan fingerprint density at radius 2 is 1.21 bits per heavy atom. The van der Waals surface area contributed by atoms with Gasteiger partial charge in [0.2, 0.25) is 5.91 Å². The predicted octanol–water partition coefficient (Wildman–Crippen LogP) is 3.51. The summed E-state index contributed by atoms with van der Waals surface area (Å²) in [5.41, 5.74) is -0.992.